The van der Waals surface area contributed by atoms with Gasteiger partial charge in [-0.2, -0.15) is 0 Å². The van der Waals surface area contributed by atoms with Gasteiger partial charge in [0.15, 0.2) is 0 Å². The Labute approximate surface area is 280 Å². The predicted octanol–water partition coefficient (Wildman–Crippen LogP) is 6.24. The molecule has 0 spiro atoms. The number of fused-ring (bicyclic) bond motifs is 2. The van der Waals surface area contributed by atoms with Crippen molar-refractivity contribution in [3.63, 3.8) is 0 Å². The number of carbonyl (C=O) groups excluding carboxylic acids is 4. The Morgan fingerprint density at radius 2 is 1.06 bits per heavy atom. The number of alkyl carbamates (subject to hydrolysis) is 1. The summed E-state index contributed by atoms with van der Waals surface area (Å²) < 4.78 is 19.5. The van der Waals surface area contributed by atoms with Crippen LogP contribution in [0.1, 0.15) is 73.4 Å². The highest BCUT2D eigenvalue weighted by atomic mass is 16.6. The molecule has 2 atom stereocenters. The Hall–Kier alpha value is -4.84. The molecule has 0 aliphatic heterocycles. The van der Waals surface area contributed by atoms with Gasteiger partial charge < -0.3 is 30.6 Å². The van der Waals surface area contributed by atoms with Crippen LogP contribution in [0.4, 0.5) is 14.4 Å². The van der Waals surface area contributed by atoms with E-state index in [0.29, 0.717) is 22.0 Å². The van der Waals surface area contributed by atoms with Crippen LogP contribution in [-0.4, -0.2) is 62.3 Å². The summed E-state index contributed by atoms with van der Waals surface area (Å²) in [5, 5.41) is 6.99. The normalized spacial score (nSPS) is 13.5. The van der Waals surface area contributed by atoms with Crippen LogP contribution in [0.5, 0.6) is 0 Å². The zero-order valence-corrected chi connectivity index (χ0v) is 29.2. The first kappa shape index (κ1) is 36.0. The number of ether oxygens (including phenoxy) is 3. The van der Waals surface area contributed by atoms with E-state index < -0.39 is 53.2 Å². The van der Waals surface area contributed by atoms with E-state index in [0.717, 1.165) is 10.9 Å². The quantitative estimate of drug-likeness (QED) is 0.155. The van der Waals surface area contributed by atoms with Crippen LogP contribution in [-0.2, 0) is 31.8 Å². The lowest BCUT2D eigenvalue weighted by Crippen LogP contribution is -2.54. The summed E-state index contributed by atoms with van der Waals surface area (Å²) in [6, 6.07) is 13.5. The van der Waals surface area contributed by atoms with E-state index in [1.807, 2.05) is 30.3 Å². The minimum atomic E-state index is -1.12. The fourth-order valence-corrected chi connectivity index (χ4v) is 5.20. The molecule has 0 bridgehead atoms. The maximum absolute atomic E-state index is 13.8. The second kappa shape index (κ2) is 13.7. The van der Waals surface area contributed by atoms with Gasteiger partial charge in [-0.3, -0.25) is 13.9 Å². The molecule has 0 aliphatic rings. The first-order valence-electron chi connectivity index (χ1n) is 15.9. The van der Waals surface area contributed by atoms with E-state index in [9.17, 15) is 19.2 Å². The fourth-order valence-electron chi connectivity index (χ4n) is 5.20. The maximum Gasteiger partial charge on any atom is 0.419 e. The Bertz CT molecular complexity index is 1820. The summed E-state index contributed by atoms with van der Waals surface area (Å²) in [5.41, 5.74) is 6.84. The Kier molecular flexibility index (Phi) is 10.3. The van der Waals surface area contributed by atoms with Gasteiger partial charge in [0.2, 0.25) is 5.91 Å². The van der Waals surface area contributed by atoms with Gasteiger partial charge >= 0.3 is 18.3 Å². The average Bonchev–Trinajstić information content (AvgIpc) is 3.49. The summed E-state index contributed by atoms with van der Waals surface area (Å²) in [7, 11) is 0. The van der Waals surface area contributed by atoms with Gasteiger partial charge in [0.05, 0.1) is 17.2 Å². The minimum absolute atomic E-state index is 0.0199. The third kappa shape index (κ3) is 9.37. The Balaban J connectivity index is 1.61. The molecule has 0 saturated heterocycles. The number of nitrogens with one attached hydrogen (secondary N) is 2. The summed E-state index contributed by atoms with van der Waals surface area (Å²) in [5.74, 6) is -0.557. The van der Waals surface area contributed by atoms with Crippen LogP contribution in [0.25, 0.3) is 21.8 Å². The van der Waals surface area contributed by atoms with Crippen LogP contribution in [0.3, 0.4) is 0 Å². The van der Waals surface area contributed by atoms with Crippen molar-refractivity contribution in [2.45, 2.75) is 104 Å². The van der Waals surface area contributed by atoms with Crippen molar-refractivity contribution in [1.29, 1.82) is 0 Å². The molecular weight excluding hydrogens is 614 g/mol. The molecule has 12 nitrogen and oxygen atoms in total. The zero-order valence-electron chi connectivity index (χ0n) is 29.2. The van der Waals surface area contributed by atoms with Gasteiger partial charge in [0.25, 0.3) is 0 Å². The van der Waals surface area contributed by atoms with Crippen molar-refractivity contribution >= 4 is 46.0 Å². The monoisotopic (exact) mass is 661 g/mol. The molecule has 4 aromatic rings. The zero-order chi connectivity index (χ0) is 35.6. The number of nitrogens with two attached hydrogens (primary N) is 1. The molecule has 2 aromatic carbocycles. The van der Waals surface area contributed by atoms with Crippen LogP contribution < -0.4 is 16.4 Å². The maximum atomic E-state index is 13.8. The van der Waals surface area contributed by atoms with Crippen LogP contribution in [0.15, 0.2) is 60.9 Å². The van der Waals surface area contributed by atoms with E-state index in [2.05, 4.69) is 10.6 Å². The number of para-hydroxylation sites is 2. The van der Waals surface area contributed by atoms with Crippen LogP contribution >= 0.6 is 0 Å². The first-order chi connectivity index (χ1) is 22.2. The molecule has 12 heteroatoms. The van der Waals surface area contributed by atoms with E-state index in [-0.39, 0.29) is 12.8 Å². The Morgan fingerprint density at radius 1 is 0.646 bits per heavy atom. The molecule has 2 heterocycles. The van der Waals surface area contributed by atoms with Gasteiger partial charge in [-0.05, 0) is 85.6 Å². The van der Waals surface area contributed by atoms with E-state index >= 15 is 0 Å². The van der Waals surface area contributed by atoms with Gasteiger partial charge in [0.1, 0.15) is 22.8 Å². The number of benzene rings is 2. The molecule has 0 radical (unpaired) electrons. The van der Waals surface area contributed by atoms with Crippen molar-refractivity contribution in [2.24, 2.45) is 5.73 Å². The smallest absolute Gasteiger partial charge is 0.419 e. The van der Waals surface area contributed by atoms with Gasteiger partial charge in [-0.1, -0.05) is 36.4 Å². The molecule has 0 saturated carbocycles. The predicted molar refractivity (Wildman–Crippen MR) is 184 cm³/mol. The second-order valence-electron chi connectivity index (χ2n) is 14.8. The molecule has 258 valence electrons. The standard InChI is InChI=1S/C36H47N5O7/c1-34(2,3)46-31(43)38-26(18-22-20-40(32(44)47-35(4,5)6)27-16-12-10-14-24(22)27)30(42)39-29(37)19-23-21-41(33(45)48-36(7,8)9)28-17-13-11-15-25(23)28/h10-17,20-21,26,29H,18-19,37H2,1-9H3,(H,38,43)(H,39,42)/t26-,29-/m1/s1. The lowest BCUT2D eigenvalue weighted by molar-refractivity contribution is -0.123. The van der Waals surface area contributed by atoms with Crippen LogP contribution in [0.2, 0.25) is 0 Å². The van der Waals surface area contributed by atoms with E-state index in [1.54, 1.807) is 92.9 Å². The molecule has 0 fully saturated rings. The molecule has 4 rings (SSSR count). The molecular formula is C36H47N5O7. The number of hydrogen-bond donors (Lipinski definition) is 3. The molecule has 0 aliphatic carbocycles. The van der Waals surface area contributed by atoms with Crippen molar-refractivity contribution in [3.8, 4) is 0 Å². The third-order valence-electron chi connectivity index (χ3n) is 6.97. The summed E-state index contributed by atoms with van der Waals surface area (Å²) >= 11 is 0. The lowest BCUT2D eigenvalue weighted by atomic mass is 10.0. The molecule has 4 N–H and O–H groups in total. The lowest BCUT2D eigenvalue weighted by Gasteiger charge is -2.24. The SMILES string of the molecule is CC(C)(C)OC(=O)N[C@H](Cc1cn(C(=O)OC(C)(C)C)c2ccccc12)C(=O)N[C@@H](N)Cc1cn(C(=O)OC(C)(C)C)c2ccccc12. The number of nitrogens with zero attached hydrogens (tertiary/aromatic N) is 2. The van der Waals surface area contributed by atoms with Gasteiger partial charge in [-0.25, -0.2) is 14.4 Å². The molecule has 0 unspecified atom stereocenters. The number of rotatable bonds is 7. The van der Waals surface area contributed by atoms with Crippen molar-refractivity contribution in [3.05, 3.63) is 72.1 Å². The average molecular weight is 662 g/mol. The fraction of sp³-hybridized carbons (Fsp3) is 0.444. The van der Waals surface area contributed by atoms with Crippen molar-refractivity contribution < 1.29 is 33.4 Å². The summed E-state index contributed by atoms with van der Waals surface area (Å²) in [4.78, 5) is 52.8. The molecule has 2 aromatic heterocycles. The summed E-state index contributed by atoms with van der Waals surface area (Å²) in [6.07, 6.45) is 0.696. The largest absolute Gasteiger partial charge is 0.444 e. The highest BCUT2D eigenvalue weighted by molar-refractivity contribution is 5.94. The minimum Gasteiger partial charge on any atom is -0.444 e. The highest BCUT2D eigenvalue weighted by Gasteiger charge is 2.29. The molecule has 48 heavy (non-hydrogen) atoms. The number of carbonyl (C=O) groups is 4. The third-order valence-corrected chi connectivity index (χ3v) is 6.97. The van der Waals surface area contributed by atoms with Gasteiger partial charge in [-0.15, -0.1) is 0 Å². The van der Waals surface area contributed by atoms with Crippen molar-refractivity contribution in [1.82, 2.24) is 19.8 Å². The second-order valence-corrected chi connectivity index (χ2v) is 14.8. The summed E-state index contributed by atoms with van der Waals surface area (Å²) in [6.45, 7) is 15.9. The Morgan fingerprint density at radius 3 is 1.50 bits per heavy atom. The number of hydrogen-bond acceptors (Lipinski definition) is 8. The topological polar surface area (TPSA) is 156 Å². The van der Waals surface area contributed by atoms with Crippen molar-refractivity contribution in [2.75, 3.05) is 0 Å². The number of amides is 2. The van der Waals surface area contributed by atoms with E-state index in [1.165, 1.54) is 9.13 Å². The molecule has 2 amide bonds. The van der Waals surface area contributed by atoms with Crippen LogP contribution in [0, 0.1) is 0 Å². The first-order valence-corrected chi connectivity index (χ1v) is 15.9. The number of aromatic nitrogens is 2. The van der Waals surface area contributed by atoms with Gasteiger partial charge in [0, 0.05) is 36.0 Å². The van der Waals surface area contributed by atoms with E-state index in [4.69, 9.17) is 19.9 Å². The highest BCUT2D eigenvalue weighted by Crippen LogP contribution is 2.26.